The van der Waals surface area contributed by atoms with E-state index in [9.17, 15) is 19.2 Å². The Morgan fingerprint density at radius 1 is 1.19 bits per heavy atom. The largest absolute Gasteiger partial charge is 0.454 e. The van der Waals surface area contributed by atoms with Crippen molar-refractivity contribution in [2.75, 3.05) is 33.3 Å². The molecule has 0 aliphatic carbocycles. The zero-order valence-corrected chi connectivity index (χ0v) is 12.1. The van der Waals surface area contributed by atoms with Crippen molar-refractivity contribution in [2.45, 2.75) is 25.7 Å². The third kappa shape index (κ3) is 6.73. The lowest BCUT2D eigenvalue weighted by atomic mass is 10.2. The van der Waals surface area contributed by atoms with Gasteiger partial charge in [-0.05, 0) is 12.8 Å². The number of nitrogens with zero attached hydrogens (tertiary/aromatic N) is 1. The normalized spacial score (nSPS) is 15.1. The molecule has 0 atom stereocenters. The fourth-order valence-electron chi connectivity index (χ4n) is 1.87. The van der Waals surface area contributed by atoms with E-state index in [0.29, 0.717) is 13.0 Å². The van der Waals surface area contributed by atoms with Crippen LogP contribution in [0.2, 0.25) is 0 Å². The van der Waals surface area contributed by atoms with Gasteiger partial charge in [0.25, 0.3) is 5.91 Å². The SMILES string of the molecule is CNC(=O)CNC(=O)COC(=O)CN1CCCCCC1=O. The van der Waals surface area contributed by atoms with Gasteiger partial charge in [-0.15, -0.1) is 0 Å². The minimum Gasteiger partial charge on any atom is -0.454 e. The van der Waals surface area contributed by atoms with Crippen LogP contribution in [0.15, 0.2) is 0 Å². The third-order valence-corrected chi connectivity index (χ3v) is 3.08. The predicted molar refractivity (Wildman–Crippen MR) is 73.1 cm³/mol. The van der Waals surface area contributed by atoms with E-state index in [2.05, 4.69) is 10.6 Å². The van der Waals surface area contributed by atoms with Gasteiger partial charge in [-0.3, -0.25) is 19.2 Å². The summed E-state index contributed by atoms with van der Waals surface area (Å²) in [6.07, 6.45) is 3.12. The van der Waals surface area contributed by atoms with Gasteiger partial charge in [-0.2, -0.15) is 0 Å². The summed E-state index contributed by atoms with van der Waals surface area (Å²) in [5.74, 6) is -1.59. The molecule has 21 heavy (non-hydrogen) atoms. The number of ether oxygens (including phenoxy) is 1. The first-order valence-electron chi connectivity index (χ1n) is 6.93. The number of hydrogen-bond acceptors (Lipinski definition) is 5. The minimum atomic E-state index is -0.625. The van der Waals surface area contributed by atoms with Crippen molar-refractivity contribution in [3.05, 3.63) is 0 Å². The van der Waals surface area contributed by atoms with Gasteiger partial charge in [-0.25, -0.2) is 0 Å². The second-order valence-corrected chi connectivity index (χ2v) is 4.74. The number of hydrogen-bond donors (Lipinski definition) is 2. The molecule has 0 saturated carbocycles. The molecule has 2 N–H and O–H groups in total. The van der Waals surface area contributed by atoms with Crippen LogP contribution in [-0.4, -0.2) is 61.9 Å². The van der Waals surface area contributed by atoms with Crippen LogP contribution in [0, 0.1) is 0 Å². The standard InChI is InChI=1S/C13H21N3O5/c1-14-10(17)7-15-11(18)9-21-13(20)8-16-6-4-2-3-5-12(16)19/h2-9H2,1H3,(H,14,17)(H,15,18). The van der Waals surface area contributed by atoms with Crippen LogP contribution in [0.4, 0.5) is 0 Å². The van der Waals surface area contributed by atoms with Crippen molar-refractivity contribution in [3.8, 4) is 0 Å². The number of likely N-dealkylation sites (tertiary alicyclic amines) is 1. The van der Waals surface area contributed by atoms with Crippen molar-refractivity contribution < 1.29 is 23.9 Å². The lowest BCUT2D eigenvalue weighted by molar-refractivity contribution is -0.152. The first-order valence-corrected chi connectivity index (χ1v) is 6.93. The molecule has 0 bridgehead atoms. The van der Waals surface area contributed by atoms with E-state index in [-0.39, 0.29) is 24.9 Å². The smallest absolute Gasteiger partial charge is 0.326 e. The molecule has 0 aromatic rings. The Morgan fingerprint density at radius 2 is 1.95 bits per heavy atom. The molecule has 0 aromatic carbocycles. The second-order valence-electron chi connectivity index (χ2n) is 4.74. The number of carbonyl (C=O) groups is 4. The summed E-state index contributed by atoms with van der Waals surface area (Å²) < 4.78 is 4.79. The van der Waals surface area contributed by atoms with Gasteiger partial charge in [0.05, 0.1) is 6.54 Å². The van der Waals surface area contributed by atoms with Gasteiger partial charge in [0.1, 0.15) is 6.54 Å². The van der Waals surface area contributed by atoms with E-state index < -0.39 is 18.5 Å². The van der Waals surface area contributed by atoms with E-state index in [4.69, 9.17) is 4.74 Å². The van der Waals surface area contributed by atoms with Crippen molar-refractivity contribution in [3.63, 3.8) is 0 Å². The molecule has 1 aliphatic heterocycles. The van der Waals surface area contributed by atoms with E-state index in [0.717, 1.165) is 19.3 Å². The first kappa shape index (κ1) is 16.9. The minimum absolute atomic E-state index is 0.0616. The second kappa shape index (κ2) is 8.93. The van der Waals surface area contributed by atoms with Gasteiger partial charge < -0.3 is 20.3 Å². The molecular formula is C13H21N3O5. The lowest BCUT2D eigenvalue weighted by Crippen LogP contribution is -2.39. The summed E-state index contributed by atoms with van der Waals surface area (Å²) in [4.78, 5) is 47.0. The number of rotatable bonds is 6. The van der Waals surface area contributed by atoms with Gasteiger partial charge >= 0.3 is 5.97 Å². The fourth-order valence-corrected chi connectivity index (χ4v) is 1.87. The maximum absolute atomic E-state index is 11.7. The highest BCUT2D eigenvalue weighted by molar-refractivity contribution is 5.87. The van der Waals surface area contributed by atoms with Gasteiger partial charge in [0.15, 0.2) is 6.61 Å². The van der Waals surface area contributed by atoms with Crippen molar-refractivity contribution >= 4 is 23.7 Å². The molecule has 1 saturated heterocycles. The Hall–Kier alpha value is -2.12. The maximum Gasteiger partial charge on any atom is 0.326 e. The lowest BCUT2D eigenvalue weighted by Gasteiger charge is -2.19. The van der Waals surface area contributed by atoms with Gasteiger partial charge in [0.2, 0.25) is 11.8 Å². The topological polar surface area (TPSA) is 105 Å². The molecule has 1 aliphatic rings. The molecule has 1 fully saturated rings. The fraction of sp³-hybridized carbons (Fsp3) is 0.692. The van der Waals surface area contributed by atoms with Crippen LogP contribution in [-0.2, 0) is 23.9 Å². The third-order valence-electron chi connectivity index (χ3n) is 3.08. The van der Waals surface area contributed by atoms with Gasteiger partial charge in [-0.1, -0.05) is 6.42 Å². The summed E-state index contributed by atoms with van der Waals surface area (Å²) >= 11 is 0. The number of nitrogens with one attached hydrogen (secondary N) is 2. The van der Waals surface area contributed by atoms with Crippen LogP contribution in [0.25, 0.3) is 0 Å². The van der Waals surface area contributed by atoms with E-state index in [1.54, 1.807) is 0 Å². The van der Waals surface area contributed by atoms with Crippen LogP contribution in [0.1, 0.15) is 25.7 Å². The Bertz CT molecular complexity index is 411. The van der Waals surface area contributed by atoms with E-state index in [1.807, 2.05) is 0 Å². The summed E-state index contributed by atoms with van der Waals surface area (Å²) in [5, 5.41) is 4.65. The molecular weight excluding hydrogens is 278 g/mol. The van der Waals surface area contributed by atoms with Crippen molar-refractivity contribution in [2.24, 2.45) is 0 Å². The van der Waals surface area contributed by atoms with E-state index in [1.165, 1.54) is 11.9 Å². The monoisotopic (exact) mass is 299 g/mol. The number of likely N-dealkylation sites (N-methyl/N-ethyl adjacent to an activating group) is 1. The van der Waals surface area contributed by atoms with E-state index >= 15 is 0 Å². The first-order chi connectivity index (χ1) is 10.0. The van der Waals surface area contributed by atoms with Crippen LogP contribution in [0.3, 0.4) is 0 Å². The highest BCUT2D eigenvalue weighted by atomic mass is 16.5. The number of amides is 3. The summed E-state index contributed by atoms with van der Waals surface area (Å²) in [6, 6.07) is 0. The average Bonchev–Trinajstić information content (AvgIpc) is 2.67. The van der Waals surface area contributed by atoms with Crippen molar-refractivity contribution in [1.82, 2.24) is 15.5 Å². The number of carbonyl (C=O) groups excluding carboxylic acids is 4. The Kier molecular flexibility index (Phi) is 7.20. The molecule has 1 rings (SSSR count). The van der Waals surface area contributed by atoms with Gasteiger partial charge in [0, 0.05) is 20.0 Å². The molecule has 8 nitrogen and oxygen atoms in total. The predicted octanol–water partition coefficient (Wildman–Crippen LogP) is -1.21. The van der Waals surface area contributed by atoms with Crippen LogP contribution < -0.4 is 10.6 Å². The maximum atomic E-state index is 11.7. The summed E-state index contributed by atoms with van der Waals surface area (Å²) in [6.45, 7) is -0.228. The Morgan fingerprint density at radius 3 is 2.67 bits per heavy atom. The molecule has 0 unspecified atom stereocenters. The van der Waals surface area contributed by atoms with Crippen molar-refractivity contribution in [1.29, 1.82) is 0 Å². The zero-order chi connectivity index (χ0) is 15.7. The molecule has 118 valence electrons. The van der Waals surface area contributed by atoms with Crippen LogP contribution in [0.5, 0.6) is 0 Å². The molecule has 3 amide bonds. The zero-order valence-electron chi connectivity index (χ0n) is 12.1. The number of esters is 1. The Labute approximate surface area is 123 Å². The molecule has 0 radical (unpaired) electrons. The highest BCUT2D eigenvalue weighted by Gasteiger charge is 2.20. The highest BCUT2D eigenvalue weighted by Crippen LogP contribution is 2.10. The average molecular weight is 299 g/mol. The molecule has 0 aromatic heterocycles. The molecule has 0 spiro atoms. The molecule has 1 heterocycles. The molecule has 8 heteroatoms. The summed E-state index contributed by atoms with van der Waals surface area (Å²) in [5.41, 5.74) is 0. The summed E-state index contributed by atoms with van der Waals surface area (Å²) in [7, 11) is 1.45. The van der Waals surface area contributed by atoms with Crippen LogP contribution >= 0.6 is 0 Å². The Balaban J connectivity index is 2.25. The quantitative estimate of drug-likeness (QED) is 0.599.